The average molecular weight is 421 g/mol. The summed E-state index contributed by atoms with van der Waals surface area (Å²) < 4.78 is 14.3. The Kier molecular flexibility index (Phi) is 6.10. The summed E-state index contributed by atoms with van der Waals surface area (Å²) in [5.41, 5.74) is 1.30. The highest BCUT2D eigenvalue weighted by atomic mass is 32.2. The van der Waals surface area contributed by atoms with Gasteiger partial charge in [0.2, 0.25) is 5.91 Å². The molecule has 1 N–H and O–H groups in total. The van der Waals surface area contributed by atoms with Crippen molar-refractivity contribution in [2.24, 2.45) is 0 Å². The van der Waals surface area contributed by atoms with Crippen molar-refractivity contribution in [1.82, 2.24) is 14.8 Å². The molecule has 1 fully saturated rings. The Morgan fingerprint density at radius 2 is 1.93 bits per heavy atom. The van der Waals surface area contributed by atoms with Gasteiger partial charge in [-0.1, -0.05) is 23.5 Å². The summed E-state index contributed by atoms with van der Waals surface area (Å²) in [4.78, 5) is 49.1. The molecular weight excluding hydrogens is 405 g/mol. The zero-order valence-corrected chi connectivity index (χ0v) is 16.4. The second-order valence-corrected chi connectivity index (χ2v) is 7.78. The van der Waals surface area contributed by atoms with Crippen LogP contribution in [0.25, 0.3) is 6.08 Å². The molecule has 1 saturated heterocycles. The molecule has 0 spiro atoms. The maximum Gasteiger partial charge on any atom is 0.307 e. The van der Waals surface area contributed by atoms with E-state index in [-0.39, 0.29) is 41.1 Å². The molecule has 0 aliphatic carbocycles. The summed E-state index contributed by atoms with van der Waals surface area (Å²) in [6, 6.07) is 5.56. The number of halogens is 1. The number of amides is 3. The first-order valence-corrected chi connectivity index (χ1v) is 9.97. The molecule has 1 aromatic heterocycles. The molecule has 1 aromatic carbocycles. The Labute approximate surface area is 167 Å². The van der Waals surface area contributed by atoms with Crippen molar-refractivity contribution in [2.45, 2.75) is 13.5 Å². The van der Waals surface area contributed by atoms with E-state index < -0.39 is 11.1 Å². The lowest BCUT2D eigenvalue weighted by Crippen LogP contribution is -2.39. The summed E-state index contributed by atoms with van der Waals surface area (Å²) >= 11 is 1.81. The normalized spacial score (nSPS) is 15.5. The van der Waals surface area contributed by atoms with E-state index in [4.69, 9.17) is 0 Å². The van der Waals surface area contributed by atoms with Crippen molar-refractivity contribution in [2.75, 3.05) is 13.1 Å². The smallest absolute Gasteiger partial charge is 0.307 e. The largest absolute Gasteiger partial charge is 0.353 e. The van der Waals surface area contributed by atoms with Gasteiger partial charge < -0.3 is 5.32 Å². The van der Waals surface area contributed by atoms with Crippen molar-refractivity contribution < 1.29 is 18.8 Å². The lowest BCUT2D eigenvalue weighted by molar-refractivity contribution is -0.124. The van der Waals surface area contributed by atoms with Gasteiger partial charge in [0, 0.05) is 24.2 Å². The zero-order valence-electron chi connectivity index (χ0n) is 14.8. The van der Waals surface area contributed by atoms with E-state index in [1.54, 1.807) is 12.3 Å². The van der Waals surface area contributed by atoms with E-state index in [0.717, 1.165) is 28.0 Å². The van der Waals surface area contributed by atoms with Gasteiger partial charge in [-0.25, -0.2) is 4.39 Å². The third kappa shape index (κ3) is 4.57. The van der Waals surface area contributed by atoms with E-state index in [2.05, 4.69) is 5.32 Å². The number of nitrogens with zero attached hydrogens (tertiary/aromatic N) is 2. The van der Waals surface area contributed by atoms with Gasteiger partial charge in [-0.15, -0.1) is 0 Å². The maximum absolute atomic E-state index is 13.0. The standard InChI is InChI=1S/C18H16FN3O4S2/c1-11-10-27-17(25)22(11)9-15(23)20-6-7-21-16(24)14(28-18(21)26)8-12-2-4-13(19)5-3-12/h2-5,8,10H,6-7,9H2,1H3,(H,20,23). The Balaban J connectivity index is 1.55. The predicted molar refractivity (Wildman–Crippen MR) is 105 cm³/mol. The van der Waals surface area contributed by atoms with Crippen LogP contribution in [0.4, 0.5) is 9.18 Å². The molecule has 0 bridgehead atoms. The molecular formula is C18H16FN3O4S2. The molecule has 1 aliphatic heterocycles. The second-order valence-electron chi connectivity index (χ2n) is 5.96. The zero-order chi connectivity index (χ0) is 20.3. The number of hydrogen-bond donors (Lipinski definition) is 1. The highest BCUT2D eigenvalue weighted by Crippen LogP contribution is 2.31. The van der Waals surface area contributed by atoms with Crippen molar-refractivity contribution in [3.8, 4) is 0 Å². The van der Waals surface area contributed by atoms with Crippen LogP contribution in [0.3, 0.4) is 0 Å². The van der Waals surface area contributed by atoms with Crippen LogP contribution in [0.5, 0.6) is 0 Å². The minimum atomic E-state index is -0.460. The molecule has 3 amide bonds. The van der Waals surface area contributed by atoms with E-state index in [0.29, 0.717) is 11.3 Å². The fourth-order valence-electron chi connectivity index (χ4n) is 2.51. The van der Waals surface area contributed by atoms with Crippen molar-refractivity contribution in [3.05, 3.63) is 61.3 Å². The topological polar surface area (TPSA) is 88.5 Å². The number of hydrogen-bond acceptors (Lipinski definition) is 6. The van der Waals surface area contributed by atoms with Gasteiger partial charge in [0.25, 0.3) is 11.1 Å². The highest BCUT2D eigenvalue weighted by molar-refractivity contribution is 8.18. The quantitative estimate of drug-likeness (QED) is 0.723. The molecule has 0 radical (unpaired) electrons. The molecule has 146 valence electrons. The average Bonchev–Trinajstić information content (AvgIpc) is 3.11. The number of rotatable bonds is 6. The highest BCUT2D eigenvalue weighted by Gasteiger charge is 2.34. The molecule has 0 unspecified atom stereocenters. The third-order valence-corrected chi connectivity index (χ3v) is 5.77. The fraction of sp³-hybridized carbons (Fsp3) is 0.222. The summed E-state index contributed by atoms with van der Waals surface area (Å²) in [5.74, 6) is -1.23. The van der Waals surface area contributed by atoms with Gasteiger partial charge in [-0.2, -0.15) is 0 Å². The number of thiazole rings is 1. The van der Waals surface area contributed by atoms with Crippen molar-refractivity contribution in [1.29, 1.82) is 0 Å². The van der Waals surface area contributed by atoms with Gasteiger partial charge >= 0.3 is 4.87 Å². The molecule has 0 atom stereocenters. The van der Waals surface area contributed by atoms with Gasteiger partial charge in [0.05, 0.1) is 4.91 Å². The van der Waals surface area contributed by atoms with Crippen LogP contribution in [-0.4, -0.2) is 39.6 Å². The molecule has 1 aliphatic rings. The number of nitrogens with one attached hydrogen (secondary N) is 1. The first-order chi connectivity index (χ1) is 13.3. The second kappa shape index (κ2) is 8.53. The van der Waals surface area contributed by atoms with Crippen molar-refractivity contribution >= 4 is 46.2 Å². The summed E-state index contributed by atoms with van der Waals surface area (Å²) in [5, 5.41) is 3.84. The first-order valence-electron chi connectivity index (χ1n) is 8.27. The third-order valence-electron chi connectivity index (χ3n) is 3.98. The molecule has 7 nitrogen and oxygen atoms in total. The monoisotopic (exact) mass is 421 g/mol. The van der Waals surface area contributed by atoms with E-state index in [1.807, 2.05) is 0 Å². The van der Waals surface area contributed by atoms with E-state index in [9.17, 15) is 23.6 Å². The van der Waals surface area contributed by atoms with E-state index in [1.165, 1.54) is 34.9 Å². The number of thioether (sulfide) groups is 1. The Bertz CT molecular complexity index is 1010. The van der Waals surface area contributed by atoms with Crippen molar-refractivity contribution in [3.63, 3.8) is 0 Å². The molecule has 2 heterocycles. The Morgan fingerprint density at radius 3 is 2.57 bits per heavy atom. The van der Waals surface area contributed by atoms with Gasteiger partial charge in [0.15, 0.2) is 0 Å². The molecule has 3 rings (SSSR count). The Hall–Kier alpha value is -2.72. The first kappa shape index (κ1) is 20.0. The van der Waals surface area contributed by atoms with Gasteiger partial charge in [0.1, 0.15) is 12.4 Å². The number of aryl methyl sites for hydroxylation is 1. The molecule has 0 saturated carbocycles. The number of benzene rings is 1. The minimum absolute atomic E-state index is 0.0225. The number of carbonyl (C=O) groups is 3. The van der Waals surface area contributed by atoms with E-state index >= 15 is 0 Å². The maximum atomic E-state index is 13.0. The molecule has 10 heteroatoms. The van der Waals surface area contributed by atoms with Crippen LogP contribution in [-0.2, 0) is 16.1 Å². The van der Waals surface area contributed by atoms with Crippen LogP contribution in [0, 0.1) is 12.7 Å². The fourth-order valence-corrected chi connectivity index (χ4v) is 4.11. The number of aromatic nitrogens is 1. The number of imide groups is 1. The van der Waals surface area contributed by atoms with Crippen LogP contribution < -0.4 is 10.2 Å². The lowest BCUT2D eigenvalue weighted by Gasteiger charge is -2.13. The van der Waals surface area contributed by atoms with Crippen LogP contribution >= 0.6 is 23.1 Å². The number of carbonyl (C=O) groups excluding carboxylic acids is 3. The van der Waals surface area contributed by atoms with Crippen LogP contribution in [0.15, 0.2) is 39.3 Å². The minimum Gasteiger partial charge on any atom is -0.353 e. The summed E-state index contributed by atoms with van der Waals surface area (Å²) in [6.07, 6.45) is 1.52. The predicted octanol–water partition coefficient (Wildman–Crippen LogP) is 2.21. The molecule has 28 heavy (non-hydrogen) atoms. The van der Waals surface area contributed by atoms with Crippen LogP contribution in [0.2, 0.25) is 0 Å². The summed E-state index contributed by atoms with van der Waals surface area (Å²) in [7, 11) is 0. The molecule has 2 aromatic rings. The summed E-state index contributed by atoms with van der Waals surface area (Å²) in [6.45, 7) is 1.73. The van der Waals surface area contributed by atoms with Gasteiger partial charge in [-0.3, -0.25) is 28.6 Å². The lowest BCUT2D eigenvalue weighted by atomic mass is 10.2. The SMILES string of the molecule is Cc1csc(=O)n1CC(=O)NCCN1C(=O)SC(=Cc2ccc(F)cc2)C1=O. The van der Waals surface area contributed by atoms with Crippen LogP contribution in [0.1, 0.15) is 11.3 Å². The van der Waals surface area contributed by atoms with Gasteiger partial charge in [-0.05, 0) is 42.5 Å². The Morgan fingerprint density at radius 1 is 1.21 bits per heavy atom.